The first-order valence-corrected chi connectivity index (χ1v) is 6.25. The van der Waals surface area contributed by atoms with Crippen molar-refractivity contribution in [3.63, 3.8) is 0 Å². The van der Waals surface area contributed by atoms with Crippen molar-refractivity contribution < 1.29 is 4.79 Å². The van der Waals surface area contributed by atoms with E-state index in [0.717, 1.165) is 11.4 Å². The van der Waals surface area contributed by atoms with Gasteiger partial charge in [0.2, 0.25) is 0 Å². The summed E-state index contributed by atoms with van der Waals surface area (Å²) in [6, 6.07) is 8.95. The SMILES string of the molecule is CN(C)c1ccc(C(=O)N(C)c2cccnc2)cc1N. The highest BCUT2D eigenvalue weighted by molar-refractivity contribution is 6.06. The third-order valence-corrected chi connectivity index (χ3v) is 3.09. The van der Waals surface area contributed by atoms with Gasteiger partial charge in [0.15, 0.2) is 0 Å². The van der Waals surface area contributed by atoms with E-state index in [4.69, 9.17) is 5.73 Å². The third kappa shape index (κ3) is 2.71. The maximum Gasteiger partial charge on any atom is 0.258 e. The Hall–Kier alpha value is -2.56. The number of aromatic nitrogens is 1. The van der Waals surface area contributed by atoms with Crippen molar-refractivity contribution in [2.45, 2.75) is 0 Å². The first-order valence-electron chi connectivity index (χ1n) is 6.25. The molecule has 1 aromatic heterocycles. The summed E-state index contributed by atoms with van der Waals surface area (Å²) in [4.78, 5) is 19.9. The van der Waals surface area contributed by atoms with Crippen LogP contribution in [0, 0.1) is 0 Å². The number of rotatable bonds is 3. The van der Waals surface area contributed by atoms with Gasteiger partial charge in [0.05, 0.1) is 23.3 Å². The highest BCUT2D eigenvalue weighted by atomic mass is 16.2. The van der Waals surface area contributed by atoms with E-state index in [1.165, 1.54) is 0 Å². The zero-order valence-electron chi connectivity index (χ0n) is 11.9. The second-order valence-electron chi connectivity index (χ2n) is 4.74. The molecule has 5 heteroatoms. The van der Waals surface area contributed by atoms with Crippen molar-refractivity contribution in [3.05, 3.63) is 48.3 Å². The number of benzene rings is 1. The number of pyridine rings is 1. The van der Waals surface area contributed by atoms with Gasteiger partial charge in [-0.1, -0.05) is 0 Å². The second-order valence-corrected chi connectivity index (χ2v) is 4.74. The number of nitrogens with zero attached hydrogens (tertiary/aromatic N) is 3. The topological polar surface area (TPSA) is 62.5 Å². The quantitative estimate of drug-likeness (QED) is 0.867. The van der Waals surface area contributed by atoms with E-state index in [2.05, 4.69) is 4.98 Å². The summed E-state index contributed by atoms with van der Waals surface area (Å²) < 4.78 is 0. The van der Waals surface area contributed by atoms with Crippen LogP contribution in [0.4, 0.5) is 17.1 Å². The molecule has 0 unspecified atom stereocenters. The van der Waals surface area contributed by atoms with Crippen LogP contribution >= 0.6 is 0 Å². The Kier molecular flexibility index (Phi) is 3.89. The molecule has 2 rings (SSSR count). The number of nitrogens with two attached hydrogens (primary N) is 1. The van der Waals surface area contributed by atoms with Gasteiger partial charge in [-0.3, -0.25) is 9.78 Å². The van der Waals surface area contributed by atoms with Crippen LogP contribution in [0.5, 0.6) is 0 Å². The fraction of sp³-hybridized carbons (Fsp3) is 0.200. The summed E-state index contributed by atoms with van der Waals surface area (Å²) >= 11 is 0. The Morgan fingerprint density at radius 2 is 1.95 bits per heavy atom. The summed E-state index contributed by atoms with van der Waals surface area (Å²) in [5.74, 6) is -0.116. The molecule has 20 heavy (non-hydrogen) atoms. The zero-order valence-corrected chi connectivity index (χ0v) is 11.9. The molecule has 104 valence electrons. The van der Waals surface area contributed by atoms with E-state index < -0.39 is 0 Å². The van der Waals surface area contributed by atoms with Gasteiger partial charge in [0, 0.05) is 32.9 Å². The maximum atomic E-state index is 12.4. The Morgan fingerprint density at radius 3 is 2.50 bits per heavy atom. The van der Waals surface area contributed by atoms with E-state index in [0.29, 0.717) is 11.3 Å². The predicted molar refractivity (Wildman–Crippen MR) is 82.2 cm³/mol. The minimum absolute atomic E-state index is 0.116. The largest absolute Gasteiger partial charge is 0.397 e. The van der Waals surface area contributed by atoms with Gasteiger partial charge in [0.25, 0.3) is 5.91 Å². The molecule has 0 saturated carbocycles. The fourth-order valence-corrected chi connectivity index (χ4v) is 1.96. The highest BCUT2D eigenvalue weighted by Gasteiger charge is 2.15. The molecule has 0 aliphatic heterocycles. The number of hydrogen-bond donors (Lipinski definition) is 1. The average molecular weight is 270 g/mol. The molecule has 0 saturated heterocycles. The normalized spacial score (nSPS) is 10.2. The highest BCUT2D eigenvalue weighted by Crippen LogP contribution is 2.23. The zero-order chi connectivity index (χ0) is 14.7. The summed E-state index contributed by atoms with van der Waals surface area (Å²) in [6.45, 7) is 0. The van der Waals surface area contributed by atoms with Gasteiger partial charge in [-0.2, -0.15) is 0 Å². The molecule has 0 radical (unpaired) electrons. The molecule has 0 spiro atoms. The molecular formula is C15H18N4O. The minimum atomic E-state index is -0.116. The van der Waals surface area contributed by atoms with Crippen molar-refractivity contribution >= 4 is 23.0 Å². The van der Waals surface area contributed by atoms with Crippen LogP contribution in [-0.2, 0) is 0 Å². The number of carbonyl (C=O) groups is 1. The molecule has 1 amide bonds. The summed E-state index contributed by atoms with van der Waals surface area (Å²) in [5, 5.41) is 0. The Bertz CT molecular complexity index is 611. The monoisotopic (exact) mass is 270 g/mol. The van der Waals surface area contributed by atoms with Crippen LogP contribution in [0.15, 0.2) is 42.7 Å². The number of hydrogen-bond acceptors (Lipinski definition) is 4. The molecule has 2 aromatic rings. The first kappa shape index (κ1) is 13.9. The van der Waals surface area contributed by atoms with Crippen LogP contribution in [0.1, 0.15) is 10.4 Å². The van der Waals surface area contributed by atoms with Crippen LogP contribution in [-0.4, -0.2) is 32.0 Å². The molecule has 0 atom stereocenters. The smallest absolute Gasteiger partial charge is 0.258 e. The minimum Gasteiger partial charge on any atom is -0.397 e. The van der Waals surface area contributed by atoms with Crippen molar-refractivity contribution in [1.82, 2.24) is 4.98 Å². The van der Waals surface area contributed by atoms with Gasteiger partial charge in [-0.15, -0.1) is 0 Å². The van der Waals surface area contributed by atoms with Crippen LogP contribution < -0.4 is 15.5 Å². The van der Waals surface area contributed by atoms with Crippen LogP contribution in [0.2, 0.25) is 0 Å². The Morgan fingerprint density at radius 1 is 1.20 bits per heavy atom. The number of amides is 1. The molecule has 0 aliphatic rings. The maximum absolute atomic E-state index is 12.4. The van der Waals surface area contributed by atoms with Gasteiger partial charge < -0.3 is 15.5 Å². The molecule has 0 bridgehead atoms. The lowest BCUT2D eigenvalue weighted by molar-refractivity contribution is 0.0993. The summed E-state index contributed by atoms with van der Waals surface area (Å²) in [5.41, 5.74) is 8.75. The number of carbonyl (C=O) groups excluding carboxylic acids is 1. The summed E-state index contributed by atoms with van der Waals surface area (Å²) in [6.07, 6.45) is 3.32. The lowest BCUT2D eigenvalue weighted by atomic mass is 10.1. The van der Waals surface area contributed by atoms with Gasteiger partial charge in [-0.25, -0.2) is 0 Å². The lowest BCUT2D eigenvalue weighted by Gasteiger charge is -2.19. The number of nitrogen functional groups attached to an aromatic ring is 1. The van der Waals surface area contributed by atoms with Crippen LogP contribution in [0.3, 0.4) is 0 Å². The Balaban J connectivity index is 2.28. The third-order valence-electron chi connectivity index (χ3n) is 3.09. The van der Waals surface area contributed by atoms with E-state index >= 15 is 0 Å². The van der Waals surface area contributed by atoms with Gasteiger partial charge in [-0.05, 0) is 30.3 Å². The molecule has 1 aromatic carbocycles. The summed E-state index contributed by atoms with van der Waals surface area (Å²) in [7, 11) is 5.54. The predicted octanol–water partition coefficient (Wildman–Crippen LogP) is 2.01. The molecule has 0 aliphatic carbocycles. The molecule has 0 fully saturated rings. The average Bonchev–Trinajstić information content (AvgIpc) is 2.46. The van der Waals surface area contributed by atoms with Crippen molar-refractivity contribution in [2.75, 3.05) is 36.7 Å². The van der Waals surface area contributed by atoms with Gasteiger partial charge in [0.1, 0.15) is 0 Å². The van der Waals surface area contributed by atoms with E-state index in [9.17, 15) is 4.79 Å². The lowest BCUT2D eigenvalue weighted by Crippen LogP contribution is -2.26. The fourth-order valence-electron chi connectivity index (χ4n) is 1.96. The van der Waals surface area contributed by atoms with Crippen molar-refractivity contribution in [1.29, 1.82) is 0 Å². The van der Waals surface area contributed by atoms with Crippen molar-refractivity contribution in [3.8, 4) is 0 Å². The van der Waals surface area contributed by atoms with E-state index in [-0.39, 0.29) is 5.91 Å². The second kappa shape index (κ2) is 5.61. The van der Waals surface area contributed by atoms with E-state index in [1.807, 2.05) is 31.1 Å². The standard InChI is InChI=1S/C15H18N4O/c1-18(2)14-7-6-11(9-13(14)16)15(20)19(3)12-5-4-8-17-10-12/h4-10H,16H2,1-3H3. The molecule has 1 heterocycles. The van der Waals surface area contributed by atoms with Gasteiger partial charge >= 0.3 is 0 Å². The Labute approximate surface area is 118 Å². The molecule has 2 N–H and O–H groups in total. The van der Waals surface area contributed by atoms with Crippen LogP contribution in [0.25, 0.3) is 0 Å². The van der Waals surface area contributed by atoms with Crippen molar-refractivity contribution in [2.24, 2.45) is 0 Å². The molecular weight excluding hydrogens is 252 g/mol. The first-order chi connectivity index (χ1) is 9.50. The van der Waals surface area contributed by atoms with E-state index in [1.54, 1.807) is 42.5 Å². The molecule has 5 nitrogen and oxygen atoms in total. The number of anilines is 3.